The molecule has 2 aromatic heterocycles. The third-order valence-electron chi connectivity index (χ3n) is 5.36. The molecule has 0 unspecified atom stereocenters. The van der Waals surface area contributed by atoms with E-state index in [2.05, 4.69) is 56.4 Å². The van der Waals surface area contributed by atoms with Crippen LogP contribution in [-0.4, -0.2) is 32.5 Å². The summed E-state index contributed by atoms with van der Waals surface area (Å²) < 4.78 is 2.45. The van der Waals surface area contributed by atoms with Crippen LogP contribution in [0.15, 0.2) is 48.1 Å². The molecule has 0 saturated carbocycles. The van der Waals surface area contributed by atoms with E-state index in [-0.39, 0.29) is 0 Å². The second-order valence-electron chi connectivity index (χ2n) is 6.88. The zero-order valence-corrected chi connectivity index (χ0v) is 14.3. The van der Waals surface area contributed by atoms with Gasteiger partial charge in [-0.2, -0.15) is 0 Å². The Morgan fingerprint density at radius 3 is 2.75 bits per heavy atom. The number of imidazole rings is 1. The van der Waals surface area contributed by atoms with Gasteiger partial charge in [0.05, 0.1) is 18.4 Å². The van der Waals surface area contributed by atoms with Crippen LogP contribution in [-0.2, 0) is 19.5 Å². The fourth-order valence-corrected chi connectivity index (χ4v) is 4.87. The lowest BCUT2D eigenvalue weighted by Gasteiger charge is -2.27. The summed E-state index contributed by atoms with van der Waals surface area (Å²) in [5.41, 5.74) is 2.54. The minimum Gasteiger partial charge on any atom is -0.328 e. The Hall–Kier alpha value is -1.98. The van der Waals surface area contributed by atoms with E-state index < -0.39 is 0 Å². The number of hydrogen-bond donors (Lipinski definition) is 0. The first-order chi connectivity index (χ1) is 11.9. The molecule has 0 bridgehead atoms. The summed E-state index contributed by atoms with van der Waals surface area (Å²) in [4.78, 5) is 11.7. The fraction of sp³-hybridized carbons (Fsp3) is 0.368. The Morgan fingerprint density at radius 2 is 1.92 bits per heavy atom. The molecular weight excluding hydrogens is 316 g/mol. The molecule has 122 valence electrons. The van der Waals surface area contributed by atoms with Crippen molar-refractivity contribution in [2.45, 2.75) is 19.5 Å². The van der Waals surface area contributed by atoms with Gasteiger partial charge in [0.15, 0.2) is 0 Å². The summed E-state index contributed by atoms with van der Waals surface area (Å²) >= 11 is 1.76. The average Bonchev–Trinajstić information content (AvgIpc) is 3.32. The molecule has 24 heavy (non-hydrogen) atoms. The van der Waals surface area contributed by atoms with E-state index in [0.717, 1.165) is 31.3 Å². The van der Waals surface area contributed by atoms with E-state index in [4.69, 9.17) is 4.98 Å². The van der Waals surface area contributed by atoms with Crippen LogP contribution in [0, 0.1) is 11.8 Å². The third-order valence-corrected chi connectivity index (χ3v) is 6.13. The first-order valence-corrected chi connectivity index (χ1v) is 9.45. The molecule has 1 fully saturated rings. The minimum atomic E-state index is 0.731. The number of hydrogen-bond acceptors (Lipinski definition) is 4. The van der Waals surface area contributed by atoms with Gasteiger partial charge in [0.1, 0.15) is 10.8 Å². The second-order valence-corrected chi connectivity index (χ2v) is 7.86. The van der Waals surface area contributed by atoms with Crippen molar-refractivity contribution in [1.82, 2.24) is 19.4 Å². The van der Waals surface area contributed by atoms with Crippen LogP contribution >= 0.6 is 11.3 Å². The van der Waals surface area contributed by atoms with Crippen LogP contribution in [0.1, 0.15) is 10.8 Å². The van der Waals surface area contributed by atoms with Crippen molar-refractivity contribution in [3.05, 3.63) is 58.9 Å². The Morgan fingerprint density at radius 1 is 1.04 bits per heavy atom. The van der Waals surface area contributed by atoms with Crippen LogP contribution in [0.25, 0.3) is 11.3 Å². The zero-order valence-electron chi connectivity index (χ0n) is 13.5. The summed E-state index contributed by atoms with van der Waals surface area (Å²) in [6.07, 6.45) is 5.07. The molecule has 1 saturated heterocycles. The van der Waals surface area contributed by atoms with Gasteiger partial charge in [-0.15, -0.1) is 11.3 Å². The van der Waals surface area contributed by atoms with Crippen molar-refractivity contribution in [2.24, 2.45) is 11.8 Å². The molecule has 2 aliphatic rings. The number of benzene rings is 1. The normalized spacial score (nSPS) is 23.2. The molecule has 2 atom stereocenters. The Kier molecular flexibility index (Phi) is 3.49. The van der Waals surface area contributed by atoms with E-state index in [1.807, 2.05) is 6.20 Å². The molecule has 3 aromatic rings. The molecule has 0 radical (unpaired) electrons. The highest BCUT2D eigenvalue weighted by Gasteiger charge is 2.38. The molecule has 0 aliphatic carbocycles. The maximum absolute atomic E-state index is 4.73. The highest BCUT2D eigenvalue weighted by atomic mass is 32.1. The van der Waals surface area contributed by atoms with E-state index >= 15 is 0 Å². The summed E-state index contributed by atoms with van der Waals surface area (Å²) in [7, 11) is 0. The van der Waals surface area contributed by atoms with Gasteiger partial charge in [0, 0.05) is 37.6 Å². The summed E-state index contributed by atoms with van der Waals surface area (Å²) in [5.74, 6) is 2.73. The largest absolute Gasteiger partial charge is 0.328 e. The van der Waals surface area contributed by atoms with Gasteiger partial charge >= 0.3 is 0 Å². The van der Waals surface area contributed by atoms with Gasteiger partial charge < -0.3 is 4.57 Å². The molecule has 5 rings (SSSR count). The standard InChI is InChI=1S/C19H20N4S/c1-2-4-14(5-3-1)17-9-21-18-8-15-10-22(11-16(15)12-23(17)18)13-19-20-6-7-24-19/h1-7,9,15-16H,8,10-13H2/t15-,16-/m0/s1. The van der Waals surface area contributed by atoms with Crippen LogP contribution < -0.4 is 0 Å². The van der Waals surface area contributed by atoms with Gasteiger partial charge in [-0.3, -0.25) is 4.90 Å². The Balaban J connectivity index is 1.37. The molecule has 0 N–H and O–H groups in total. The van der Waals surface area contributed by atoms with Crippen molar-refractivity contribution in [3.8, 4) is 11.3 Å². The highest BCUT2D eigenvalue weighted by molar-refractivity contribution is 7.09. The number of fused-ring (bicyclic) bond motifs is 2. The van der Waals surface area contributed by atoms with Crippen LogP contribution in [0.4, 0.5) is 0 Å². The average molecular weight is 336 g/mol. The molecule has 5 heteroatoms. The summed E-state index contributed by atoms with van der Waals surface area (Å²) in [6, 6.07) is 10.6. The van der Waals surface area contributed by atoms with E-state index in [1.54, 1.807) is 11.3 Å². The predicted molar refractivity (Wildman–Crippen MR) is 95.7 cm³/mol. The van der Waals surface area contributed by atoms with Crippen molar-refractivity contribution in [2.75, 3.05) is 13.1 Å². The maximum atomic E-state index is 4.73. The first kappa shape index (κ1) is 14.4. The van der Waals surface area contributed by atoms with Crippen molar-refractivity contribution >= 4 is 11.3 Å². The lowest BCUT2D eigenvalue weighted by atomic mass is 9.89. The van der Waals surface area contributed by atoms with Gasteiger partial charge in [0.25, 0.3) is 0 Å². The second kappa shape index (κ2) is 5.83. The number of nitrogens with zero attached hydrogens (tertiary/aromatic N) is 4. The lowest BCUT2D eigenvalue weighted by Crippen LogP contribution is -2.28. The topological polar surface area (TPSA) is 34.0 Å². The van der Waals surface area contributed by atoms with Gasteiger partial charge in [-0.05, 0) is 17.4 Å². The minimum absolute atomic E-state index is 0.731. The predicted octanol–water partition coefficient (Wildman–Crippen LogP) is 3.31. The molecule has 4 nitrogen and oxygen atoms in total. The number of aromatic nitrogens is 3. The van der Waals surface area contributed by atoms with Gasteiger partial charge in [-0.1, -0.05) is 30.3 Å². The first-order valence-electron chi connectivity index (χ1n) is 8.57. The molecule has 0 amide bonds. The smallest absolute Gasteiger partial charge is 0.109 e. The van der Waals surface area contributed by atoms with Crippen LogP contribution in [0.5, 0.6) is 0 Å². The highest BCUT2D eigenvalue weighted by Crippen LogP contribution is 2.35. The Labute approximate surface area is 145 Å². The van der Waals surface area contributed by atoms with E-state index in [0.29, 0.717) is 0 Å². The van der Waals surface area contributed by atoms with Crippen LogP contribution in [0.3, 0.4) is 0 Å². The Bertz CT molecular complexity index is 824. The zero-order chi connectivity index (χ0) is 15.9. The molecular formula is C19H20N4S. The third kappa shape index (κ3) is 2.48. The van der Waals surface area contributed by atoms with E-state index in [1.165, 1.54) is 35.2 Å². The monoisotopic (exact) mass is 336 g/mol. The lowest BCUT2D eigenvalue weighted by molar-refractivity contribution is 0.306. The van der Waals surface area contributed by atoms with Gasteiger partial charge in [0.2, 0.25) is 0 Å². The van der Waals surface area contributed by atoms with Crippen molar-refractivity contribution in [3.63, 3.8) is 0 Å². The summed E-state index contributed by atoms with van der Waals surface area (Å²) in [5, 5.41) is 3.30. The van der Waals surface area contributed by atoms with Crippen molar-refractivity contribution in [1.29, 1.82) is 0 Å². The maximum Gasteiger partial charge on any atom is 0.109 e. The molecule has 4 heterocycles. The van der Waals surface area contributed by atoms with Crippen LogP contribution in [0.2, 0.25) is 0 Å². The SMILES string of the molecule is c1ccc(-c2cnc3n2C[C@@H]2CN(Cc4nccs4)C[C@@H]2C3)cc1. The number of likely N-dealkylation sites (tertiary alicyclic amines) is 1. The quantitative estimate of drug-likeness (QED) is 0.736. The summed E-state index contributed by atoms with van der Waals surface area (Å²) in [6.45, 7) is 4.45. The van der Waals surface area contributed by atoms with Crippen molar-refractivity contribution < 1.29 is 0 Å². The molecule has 1 aromatic carbocycles. The van der Waals surface area contributed by atoms with Gasteiger partial charge in [-0.25, -0.2) is 9.97 Å². The number of thiazole rings is 1. The molecule has 2 aliphatic heterocycles. The number of rotatable bonds is 3. The molecule has 0 spiro atoms. The van der Waals surface area contributed by atoms with E-state index in [9.17, 15) is 0 Å². The fourth-order valence-electron chi connectivity index (χ4n) is 4.21.